The van der Waals surface area contributed by atoms with Crippen molar-refractivity contribution in [3.63, 3.8) is 0 Å². The monoisotopic (exact) mass is 196 g/mol. The highest BCUT2D eigenvalue weighted by atomic mass is 19.1. The quantitative estimate of drug-likeness (QED) is 0.721. The van der Waals surface area contributed by atoms with E-state index in [0.717, 1.165) is 19.3 Å². The second-order valence-corrected chi connectivity index (χ2v) is 3.78. The maximum absolute atomic E-state index is 12.8. The molecule has 0 saturated heterocycles. The standard InChI is InChI=1S/C10H13FN2O/c11-9-6-8(2-5-12-9)13-10(7-14)3-1-4-10/h2,5-6,14H,1,3-4,7H2,(H,12,13). The molecule has 0 amide bonds. The summed E-state index contributed by atoms with van der Waals surface area (Å²) in [6, 6.07) is 3.05. The zero-order valence-corrected chi connectivity index (χ0v) is 7.83. The molecule has 4 heteroatoms. The van der Waals surface area contributed by atoms with Crippen molar-refractivity contribution in [2.24, 2.45) is 0 Å². The van der Waals surface area contributed by atoms with E-state index in [0.29, 0.717) is 5.69 Å². The van der Waals surface area contributed by atoms with Crippen LogP contribution in [-0.4, -0.2) is 22.2 Å². The molecule has 1 saturated carbocycles. The number of aliphatic hydroxyl groups is 1. The molecule has 2 N–H and O–H groups in total. The molecule has 1 heterocycles. The van der Waals surface area contributed by atoms with Crippen LogP contribution in [0.5, 0.6) is 0 Å². The lowest BCUT2D eigenvalue weighted by atomic mass is 9.77. The first-order valence-electron chi connectivity index (χ1n) is 4.75. The van der Waals surface area contributed by atoms with Gasteiger partial charge in [-0.05, 0) is 25.3 Å². The van der Waals surface area contributed by atoms with Crippen LogP contribution in [0.2, 0.25) is 0 Å². The van der Waals surface area contributed by atoms with Crippen LogP contribution in [0.1, 0.15) is 19.3 Å². The summed E-state index contributed by atoms with van der Waals surface area (Å²) in [5.41, 5.74) is 0.458. The van der Waals surface area contributed by atoms with Gasteiger partial charge in [0.2, 0.25) is 5.95 Å². The zero-order valence-electron chi connectivity index (χ0n) is 7.83. The van der Waals surface area contributed by atoms with Gasteiger partial charge in [0, 0.05) is 18.0 Å². The Labute approximate surface area is 82.0 Å². The number of rotatable bonds is 3. The van der Waals surface area contributed by atoms with Crippen LogP contribution in [0, 0.1) is 5.95 Å². The first kappa shape index (κ1) is 9.40. The van der Waals surface area contributed by atoms with E-state index in [9.17, 15) is 9.50 Å². The third-order valence-electron chi connectivity index (χ3n) is 2.75. The lowest BCUT2D eigenvalue weighted by molar-refractivity contribution is 0.144. The Bertz CT molecular complexity index is 320. The lowest BCUT2D eigenvalue weighted by Gasteiger charge is -2.41. The van der Waals surface area contributed by atoms with Gasteiger partial charge >= 0.3 is 0 Å². The average molecular weight is 196 g/mol. The van der Waals surface area contributed by atoms with Gasteiger partial charge in [0.25, 0.3) is 0 Å². The number of hydrogen-bond acceptors (Lipinski definition) is 3. The topological polar surface area (TPSA) is 45.1 Å². The highest BCUT2D eigenvalue weighted by Gasteiger charge is 2.36. The van der Waals surface area contributed by atoms with Gasteiger partial charge in [-0.15, -0.1) is 0 Å². The van der Waals surface area contributed by atoms with E-state index in [1.165, 1.54) is 12.3 Å². The molecule has 0 spiro atoms. The maximum atomic E-state index is 12.8. The second-order valence-electron chi connectivity index (χ2n) is 3.78. The summed E-state index contributed by atoms with van der Waals surface area (Å²) in [4.78, 5) is 3.47. The van der Waals surface area contributed by atoms with Crippen LogP contribution < -0.4 is 5.32 Å². The predicted molar refractivity (Wildman–Crippen MR) is 51.5 cm³/mol. The molecule has 1 fully saturated rings. The van der Waals surface area contributed by atoms with Crippen LogP contribution in [0.4, 0.5) is 10.1 Å². The summed E-state index contributed by atoms with van der Waals surface area (Å²) < 4.78 is 12.8. The van der Waals surface area contributed by atoms with E-state index < -0.39 is 5.95 Å². The first-order chi connectivity index (χ1) is 6.74. The molecular formula is C10H13FN2O. The Hall–Kier alpha value is -1.16. The molecule has 0 aliphatic heterocycles. The van der Waals surface area contributed by atoms with Gasteiger partial charge in [0.1, 0.15) is 0 Å². The van der Waals surface area contributed by atoms with Crippen molar-refractivity contribution in [3.8, 4) is 0 Å². The molecule has 76 valence electrons. The van der Waals surface area contributed by atoms with Crippen molar-refractivity contribution < 1.29 is 9.50 Å². The number of anilines is 1. The number of nitrogens with zero attached hydrogens (tertiary/aromatic N) is 1. The molecular weight excluding hydrogens is 183 g/mol. The van der Waals surface area contributed by atoms with Crippen molar-refractivity contribution in [2.45, 2.75) is 24.8 Å². The van der Waals surface area contributed by atoms with E-state index in [1.807, 2.05) is 0 Å². The SMILES string of the molecule is OCC1(Nc2ccnc(F)c2)CCC1. The van der Waals surface area contributed by atoms with Gasteiger partial charge in [-0.25, -0.2) is 4.98 Å². The Morgan fingerprint density at radius 2 is 2.36 bits per heavy atom. The fourth-order valence-corrected chi connectivity index (χ4v) is 1.71. The van der Waals surface area contributed by atoms with Gasteiger partial charge in [-0.3, -0.25) is 0 Å². The highest BCUT2D eigenvalue weighted by Crippen LogP contribution is 2.34. The second kappa shape index (κ2) is 3.53. The number of hydrogen-bond donors (Lipinski definition) is 2. The molecule has 3 nitrogen and oxygen atoms in total. The fourth-order valence-electron chi connectivity index (χ4n) is 1.71. The van der Waals surface area contributed by atoms with Crippen LogP contribution in [0.3, 0.4) is 0 Å². The van der Waals surface area contributed by atoms with Crippen molar-refractivity contribution in [3.05, 3.63) is 24.3 Å². The number of pyridine rings is 1. The Balaban J connectivity index is 2.09. The Kier molecular flexibility index (Phi) is 2.37. The van der Waals surface area contributed by atoms with Crippen molar-refractivity contribution >= 4 is 5.69 Å². The number of aliphatic hydroxyl groups excluding tert-OH is 1. The predicted octanol–water partition coefficient (Wildman–Crippen LogP) is 1.55. The number of halogens is 1. The average Bonchev–Trinajstić information content (AvgIpc) is 2.11. The Morgan fingerprint density at radius 3 is 2.86 bits per heavy atom. The fraction of sp³-hybridized carbons (Fsp3) is 0.500. The molecule has 2 rings (SSSR count). The maximum Gasteiger partial charge on any atom is 0.214 e. The van der Waals surface area contributed by atoms with Crippen LogP contribution in [-0.2, 0) is 0 Å². The van der Waals surface area contributed by atoms with Crippen molar-refractivity contribution in [1.82, 2.24) is 4.98 Å². The van der Waals surface area contributed by atoms with Crippen LogP contribution in [0.15, 0.2) is 18.3 Å². The Morgan fingerprint density at radius 1 is 1.57 bits per heavy atom. The molecule has 0 atom stereocenters. The van der Waals surface area contributed by atoms with E-state index in [1.54, 1.807) is 6.07 Å². The van der Waals surface area contributed by atoms with E-state index >= 15 is 0 Å². The highest BCUT2D eigenvalue weighted by molar-refractivity contribution is 5.45. The van der Waals surface area contributed by atoms with E-state index in [2.05, 4.69) is 10.3 Å². The largest absolute Gasteiger partial charge is 0.394 e. The zero-order chi connectivity index (χ0) is 10.0. The summed E-state index contributed by atoms with van der Waals surface area (Å²) in [5, 5.41) is 12.3. The van der Waals surface area contributed by atoms with Gasteiger partial charge in [0.05, 0.1) is 12.1 Å². The van der Waals surface area contributed by atoms with Gasteiger partial charge < -0.3 is 10.4 Å². The third-order valence-corrected chi connectivity index (χ3v) is 2.75. The number of aromatic nitrogens is 1. The lowest BCUT2D eigenvalue weighted by Crippen LogP contribution is -2.48. The molecule has 0 bridgehead atoms. The van der Waals surface area contributed by atoms with Gasteiger partial charge in [-0.2, -0.15) is 4.39 Å². The third kappa shape index (κ3) is 1.70. The molecule has 1 aliphatic rings. The molecule has 1 aliphatic carbocycles. The summed E-state index contributed by atoms with van der Waals surface area (Å²) >= 11 is 0. The molecule has 0 radical (unpaired) electrons. The van der Waals surface area contributed by atoms with Crippen LogP contribution >= 0.6 is 0 Å². The van der Waals surface area contributed by atoms with Crippen molar-refractivity contribution in [2.75, 3.05) is 11.9 Å². The molecule has 0 aromatic carbocycles. The number of nitrogens with one attached hydrogen (secondary N) is 1. The first-order valence-corrected chi connectivity index (χ1v) is 4.75. The summed E-state index contributed by atoms with van der Waals surface area (Å²) in [5.74, 6) is -0.498. The van der Waals surface area contributed by atoms with Crippen LogP contribution in [0.25, 0.3) is 0 Å². The van der Waals surface area contributed by atoms with E-state index in [4.69, 9.17) is 0 Å². The summed E-state index contributed by atoms with van der Waals surface area (Å²) in [6.45, 7) is 0.0942. The molecule has 0 unspecified atom stereocenters. The van der Waals surface area contributed by atoms with Crippen molar-refractivity contribution in [1.29, 1.82) is 0 Å². The minimum Gasteiger partial charge on any atom is -0.394 e. The minimum absolute atomic E-state index is 0.0942. The minimum atomic E-state index is -0.498. The summed E-state index contributed by atoms with van der Waals surface area (Å²) in [7, 11) is 0. The summed E-state index contributed by atoms with van der Waals surface area (Å²) in [6.07, 6.45) is 4.41. The van der Waals surface area contributed by atoms with Gasteiger partial charge in [-0.1, -0.05) is 0 Å². The van der Waals surface area contributed by atoms with Gasteiger partial charge in [0.15, 0.2) is 0 Å². The molecule has 1 aromatic rings. The normalized spacial score (nSPS) is 18.7. The molecule has 1 aromatic heterocycles. The smallest absolute Gasteiger partial charge is 0.214 e. The van der Waals surface area contributed by atoms with E-state index in [-0.39, 0.29) is 12.1 Å². The molecule has 14 heavy (non-hydrogen) atoms.